The Morgan fingerprint density at radius 3 is 3.00 bits per heavy atom. The van der Waals surface area contributed by atoms with Gasteiger partial charge in [-0.2, -0.15) is 8.42 Å². The van der Waals surface area contributed by atoms with Crippen molar-refractivity contribution in [1.29, 1.82) is 0 Å². The van der Waals surface area contributed by atoms with Crippen LogP contribution in [0.15, 0.2) is 45.0 Å². The smallest absolute Gasteiger partial charge is 0.286 e. The van der Waals surface area contributed by atoms with Crippen LogP contribution < -0.4 is 5.32 Å². The summed E-state index contributed by atoms with van der Waals surface area (Å²) in [4.78, 5) is 4.03. The van der Waals surface area contributed by atoms with Crippen LogP contribution in [0.1, 0.15) is 29.8 Å². The Balaban J connectivity index is 1.62. The minimum Gasteiger partial charge on any atom is -0.341 e. The molecular weight excluding hydrogens is 342 g/mol. The number of sulfonamides is 1. The molecule has 126 valence electrons. The minimum absolute atomic E-state index is 0.250. The van der Waals surface area contributed by atoms with Crippen LogP contribution in [0.25, 0.3) is 0 Å². The molecule has 5 nitrogen and oxygen atoms in total. The molecule has 4 rings (SSSR count). The molecular formula is C17H19N3O2S2. The summed E-state index contributed by atoms with van der Waals surface area (Å²) in [5.74, 6) is 0.505. The summed E-state index contributed by atoms with van der Waals surface area (Å²) >= 11 is 1.81. The summed E-state index contributed by atoms with van der Waals surface area (Å²) in [7, 11) is -3.62. The maximum absolute atomic E-state index is 12.4. The molecule has 0 saturated carbocycles. The van der Waals surface area contributed by atoms with Crippen molar-refractivity contribution in [2.75, 3.05) is 18.4 Å². The second-order valence-corrected chi connectivity index (χ2v) is 8.65. The van der Waals surface area contributed by atoms with Gasteiger partial charge in [0.2, 0.25) is 0 Å². The molecule has 1 aromatic heterocycles. The Morgan fingerprint density at radius 1 is 1.33 bits per heavy atom. The summed E-state index contributed by atoms with van der Waals surface area (Å²) in [6.45, 7) is 3.61. The van der Waals surface area contributed by atoms with Crippen molar-refractivity contribution in [1.82, 2.24) is 4.90 Å². The van der Waals surface area contributed by atoms with Gasteiger partial charge >= 0.3 is 0 Å². The van der Waals surface area contributed by atoms with Crippen LogP contribution in [0.4, 0.5) is 5.69 Å². The van der Waals surface area contributed by atoms with E-state index in [1.807, 2.05) is 17.4 Å². The third kappa shape index (κ3) is 2.66. The SMILES string of the molecule is CCC1c2ccsc2CCN1CC1=NS(=O)(=O)c2ccccc2N1. The molecule has 3 heterocycles. The predicted octanol–water partition coefficient (Wildman–Crippen LogP) is 3.27. The summed E-state index contributed by atoms with van der Waals surface area (Å²) in [6.07, 6.45) is 2.01. The van der Waals surface area contributed by atoms with Gasteiger partial charge in [0.1, 0.15) is 10.7 Å². The Labute approximate surface area is 146 Å². The second-order valence-electron chi connectivity index (χ2n) is 6.08. The van der Waals surface area contributed by atoms with Gasteiger partial charge < -0.3 is 5.32 Å². The number of para-hydroxylation sites is 1. The third-order valence-corrected chi connectivity index (χ3v) is 6.99. The molecule has 1 aromatic carbocycles. The fourth-order valence-corrected chi connectivity index (χ4v) is 5.61. The maximum atomic E-state index is 12.4. The Kier molecular flexibility index (Phi) is 3.94. The summed E-state index contributed by atoms with van der Waals surface area (Å²) in [5.41, 5.74) is 2.00. The number of thiophene rings is 1. The normalized spacial score (nSPS) is 22.2. The Bertz CT molecular complexity index is 902. The molecule has 0 aliphatic carbocycles. The molecule has 2 aliphatic heterocycles. The zero-order valence-electron chi connectivity index (χ0n) is 13.4. The summed E-state index contributed by atoms with van der Waals surface area (Å²) in [5, 5.41) is 5.34. The fraction of sp³-hybridized carbons (Fsp3) is 0.353. The van der Waals surface area contributed by atoms with E-state index in [-0.39, 0.29) is 4.90 Å². The first-order valence-corrected chi connectivity index (χ1v) is 10.4. The number of anilines is 1. The van der Waals surface area contributed by atoms with Gasteiger partial charge in [-0.15, -0.1) is 15.7 Å². The van der Waals surface area contributed by atoms with Gasteiger partial charge in [0.25, 0.3) is 10.0 Å². The Hall–Kier alpha value is -1.70. The highest BCUT2D eigenvalue weighted by Gasteiger charge is 2.30. The number of nitrogens with zero attached hydrogens (tertiary/aromatic N) is 2. The maximum Gasteiger partial charge on any atom is 0.286 e. The quantitative estimate of drug-likeness (QED) is 0.911. The van der Waals surface area contributed by atoms with Crippen LogP contribution in [-0.4, -0.2) is 32.2 Å². The molecule has 1 atom stereocenters. The van der Waals surface area contributed by atoms with E-state index in [2.05, 4.69) is 33.0 Å². The monoisotopic (exact) mass is 361 g/mol. The number of hydrogen-bond acceptors (Lipinski definition) is 5. The molecule has 7 heteroatoms. The fourth-order valence-electron chi connectivity index (χ4n) is 3.54. The number of rotatable bonds is 3. The van der Waals surface area contributed by atoms with Crippen molar-refractivity contribution in [2.24, 2.45) is 4.40 Å². The third-order valence-electron chi connectivity index (χ3n) is 4.62. The van der Waals surface area contributed by atoms with E-state index >= 15 is 0 Å². The van der Waals surface area contributed by atoms with Gasteiger partial charge in [-0.25, -0.2) is 0 Å². The highest BCUT2D eigenvalue weighted by Crippen LogP contribution is 2.35. The number of nitrogens with one attached hydrogen (secondary N) is 1. The van der Waals surface area contributed by atoms with Crippen LogP contribution in [0, 0.1) is 0 Å². The molecule has 0 amide bonds. The van der Waals surface area contributed by atoms with Crippen LogP contribution in [0.5, 0.6) is 0 Å². The average molecular weight is 361 g/mol. The first-order valence-electron chi connectivity index (χ1n) is 8.08. The van der Waals surface area contributed by atoms with Gasteiger partial charge in [-0.1, -0.05) is 19.1 Å². The van der Waals surface area contributed by atoms with Crippen LogP contribution >= 0.6 is 11.3 Å². The van der Waals surface area contributed by atoms with Gasteiger partial charge in [0.05, 0.1) is 12.2 Å². The molecule has 0 bridgehead atoms. The van der Waals surface area contributed by atoms with E-state index in [0.717, 1.165) is 19.4 Å². The zero-order valence-corrected chi connectivity index (χ0v) is 15.0. The summed E-state index contributed by atoms with van der Waals surface area (Å²) in [6, 6.07) is 9.44. The number of amidine groups is 1. The average Bonchev–Trinajstić information content (AvgIpc) is 3.03. The highest BCUT2D eigenvalue weighted by atomic mass is 32.2. The Morgan fingerprint density at radius 2 is 2.17 bits per heavy atom. The topological polar surface area (TPSA) is 61.8 Å². The first kappa shape index (κ1) is 15.8. The molecule has 0 fully saturated rings. The lowest BCUT2D eigenvalue weighted by Crippen LogP contribution is -2.41. The lowest BCUT2D eigenvalue weighted by Gasteiger charge is -2.36. The van der Waals surface area contributed by atoms with E-state index in [9.17, 15) is 8.42 Å². The van der Waals surface area contributed by atoms with E-state index in [0.29, 0.717) is 24.1 Å². The number of fused-ring (bicyclic) bond motifs is 2. The van der Waals surface area contributed by atoms with E-state index in [4.69, 9.17) is 0 Å². The van der Waals surface area contributed by atoms with Crippen LogP contribution in [0.2, 0.25) is 0 Å². The molecule has 0 spiro atoms. The minimum atomic E-state index is -3.62. The second kappa shape index (κ2) is 5.98. The highest BCUT2D eigenvalue weighted by molar-refractivity contribution is 7.90. The lowest BCUT2D eigenvalue weighted by molar-refractivity contribution is 0.209. The summed E-state index contributed by atoms with van der Waals surface area (Å²) < 4.78 is 28.8. The van der Waals surface area contributed by atoms with Gasteiger partial charge in [0.15, 0.2) is 0 Å². The number of benzene rings is 1. The van der Waals surface area contributed by atoms with Crippen molar-refractivity contribution in [3.05, 3.63) is 46.2 Å². The molecule has 1 N–H and O–H groups in total. The molecule has 24 heavy (non-hydrogen) atoms. The standard InChI is InChI=1S/C17H19N3O2S2/c1-2-14-12-8-10-23-15(12)7-9-20(14)11-17-18-13-5-3-4-6-16(13)24(21,22)19-17/h3-6,8,10,14H,2,7,9,11H2,1H3,(H,18,19). The van der Waals surface area contributed by atoms with Crippen molar-refractivity contribution >= 4 is 32.9 Å². The zero-order chi connectivity index (χ0) is 16.7. The van der Waals surface area contributed by atoms with Crippen molar-refractivity contribution in [3.8, 4) is 0 Å². The van der Waals surface area contributed by atoms with Gasteiger partial charge in [-0.3, -0.25) is 4.90 Å². The van der Waals surface area contributed by atoms with Crippen molar-refractivity contribution < 1.29 is 8.42 Å². The van der Waals surface area contributed by atoms with Crippen LogP contribution in [0.3, 0.4) is 0 Å². The van der Waals surface area contributed by atoms with E-state index in [1.165, 1.54) is 10.4 Å². The largest absolute Gasteiger partial charge is 0.341 e. The van der Waals surface area contributed by atoms with Crippen LogP contribution in [-0.2, 0) is 16.4 Å². The first-order chi connectivity index (χ1) is 11.6. The lowest BCUT2D eigenvalue weighted by atomic mass is 9.98. The predicted molar refractivity (Wildman–Crippen MR) is 97.3 cm³/mol. The molecule has 1 unspecified atom stereocenters. The van der Waals surface area contributed by atoms with E-state index in [1.54, 1.807) is 18.2 Å². The molecule has 2 aliphatic rings. The van der Waals surface area contributed by atoms with Crippen molar-refractivity contribution in [3.63, 3.8) is 0 Å². The van der Waals surface area contributed by atoms with Gasteiger partial charge in [-0.05, 0) is 42.0 Å². The molecule has 0 saturated heterocycles. The molecule has 2 aromatic rings. The number of hydrogen-bond donors (Lipinski definition) is 1. The van der Waals surface area contributed by atoms with E-state index < -0.39 is 10.0 Å². The van der Waals surface area contributed by atoms with Crippen molar-refractivity contribution in [2.45, 2.75) is 30.7 Å². The molecule has 0 radical (unpaired) electrons. The van der Waals surface area contributed by atoms with Gasteiger partial charge in [0, 0.05) is 17.5 Å².